The summed E-state index contributed by atoms with van der Waals surface area (Å²) in [5.74, 6) is 2.74. The largest absolute Gasteiger partial charge is 0.493 e. The molecule has 1 aromatic rings. The zero-order chi connectivity index (χ0) is 16.2. The van der Waals surface area contributed by atoms with Crippen molar-refractivity contribution < 1.29 is 19.0 Å². The van der Waals surface area contributed by atoms with Gasteiger partial charge in [-0.05, 0) is 30.5 Å². The first kappa shape index (κ1) is 16.5. The number of ether oxygens (including phenoxy) is 3. The quantitative estimate of drug-likeness (QED) is 0.845. The summed E-state index contributed by atoms with van der Waals surface area (Å²) in [6, 6.07) is 5.91. The van der Waals surface area contributed by atoms with E-state index in [9.17, 15) is 4.79 Å². The lowest BCUT2D eigenvalue weighted by atomic mass is 9.98. The van der Waals surface area contributed by atoms with Crippen molar-refractivity contribution in [1.82, 2.24) is 4.90 Å². The van der Waals surface area contributed by atoms with Crippen LogP contribution >= 0.6 is 11.8 Å². The molecular weight excluding hydrogens is 314 g/mol. The Bertz CT molecular complexity index is 560. The maximum Gasteiger partial charge on any atom is 0.227 e. The fraction of sp³-hybridized carbons (Fsp3) is 0.588. The Morgan fingerprint density at radius 1 is 1.22 bits per heavy atom. The molecule has 2 fully saturated rings. The van der Waals surface area contributed by atoms with E-state index in [-0.39, 0.29) is 17.2 Å². The molecule has 1 atom stereocenters. The standard InChI is InChI=1S/C17H23NO4S/c1-20-14-4-3-13(11-15(14)21-2)17-18(7-10-23-17)16(19)12-5-8-22-9-6-12/h3-4,11-12,17H,5-10H2,1-2H3. The normalized spacial score (nSPS) is 22.2. The molecule has 2 aliphatic rings. The van der Waals surface area contributed by atoms with Crippen LogP contribution in [0.3, 0.4) is 0 Å². The molecule has 1 aromatic carbocycles. The number of methoxy groups -OCH3 is 2. The molecule has 2 saturated heterocycles. The van der Waals surface area contributed by atoms with E-state index in [0.29, 0.717) is 24.7 Å². The predicted molar refractivity (Wildman–Crippen MR) is 90.0 cm³/mol. The Morgan fingerprint density at radius 2 is 1.96 bits per heavy atom. The molecule has 0 spiro atoms. The summed E-state index contributed by atoms with van der Waals surface area (Å²) in [7, 11) is 3.26. The molecule has 0 aliphatic carbocycles. The van der Waals surface area contributed by atoms with Gasteiger partial charge in [-0.3, -0.25) is 4.79 Å². The SMILES string of the molecule is COc1ccc(C2SCCN2C(=O)C2CCOCC2)cc1OC. The highest BCUT2D eigenvalue weighted by Crippen LogP contribution is 2.42. The topological polar surface area (TPSA) is 48.0 Å². The molecule has 2 aliphatic heterocycles. The van der Waals surface area contributed by atoms with Crippen molar-refractivity contribution in [3.8, 4) is 11.5 Å². The van der Waals surface area contributed by atoms with Crippen LogP contribution in [0.1, 0.15) is 23.8 Å². The molecule has 5 nitrogen and oxygen atoms in total. The van der Waals surface area contributed by atoms with Crippen molar-refractivity contribution in [3.63, 3.8) is 0 Å². The summed E-state index contributed by atoms with van der Waals surface area (Å²) in [5, 5.41) is 0.0603. The predicted octanol–water partition coefficient (Wildman–Crippen LogP) is 2.70. The monoisotopic (exact) mass is 337 g/mol. The summed E-state index contributed by atoms with van der Waals surface area (Å²) in [5.41, 5.74) is 1.09. The Balaban J connectivity index is 1.79. The van der Waals surface area contributed by atoms with Crippen LogP contribution < -0.4 is 9.47 Å². The van der Waals surface area contributed by atoms with E-state index in [2.05, 4.69) is 0 Å². The van der Waals surface area contributed by atoms with Gasteiger partial charge in [-0.1, -0.05) is 6.07 Å². The molecule has 0 radical (unpaired) electrons. The van der Waals surface area contributed by atoms with Crippen molar-refractivity contribution in [2.24, 2.45) is 5.92 Å². The van der Waals surface area contributed by atoms with Gasteiger partial charge in [0.1, 0.15) is 5.37 Å². The third-order valence-corrected chi connectivity index (χ3v) is 5.70. The maximum absolute atomic E-state index is 12.9. The van der Waals surface area contributed by atoms with Gasteiger partial charge in [-0.2, -0.15) is 0 Å². The third kappa shape index (κ3) is 3.43. The number of rotatable bonds is 4. The second-order valence-corrected chi connectivity index (χ2v) is 6.94. The van der Waals surface area contributed by atoms with Crippen molar-refractivity contribution in [1.29, 1.82) is 0 Å². The van der Waals surface area contributed by atoms with Gasteiger partial charge in [0.05, 0.1) is 14.2 Å². The van der Waals surface area contributed by atoms with Crippen LogP contribution in [0.5, 0.6) is 11.5 Å². The van der Waals surface area contributed by atoms with Crippen LogP contribution in [-0.4, -0.2) is 50.5 Å². The molecule has 0 aromatic heterocycles. The number of nitrogens with zero attached hydrogens (tertiary/aromatic N) is 1. The highest BCUT2D eigenvalue weighted by Gasteiger charge is 2.35. The fourth-order valence-corrected chi connectivity index (χ4v) is 4.41. The van der Waals surface area contributed by atoms with Crippen LogP contribution in [-0.2, 0) is 9.53 Å². The van der Waals surface area contributed by atoms with Crippen LogP contribution in [0.15, 0.2) is 18.2 Å². The minimum absolute atomic E-state index is 0.0603. The summed E-state index contributed by atoms with van der Waals surface area (Å²) < 4.78 is 16.1. The van der Waals surface area contributed by atoms with Crippen LogP contribution in [0.25, 0.3) is 0 Å². The lowest BCUT2D eigenvalue weighted by Crippen LogP contribution is -2.38. The van der Waals surface area contributed by atoms with Crippen LogP contribution in [0.2, 0.25) is 0 Å². The van der Waals surface area contributed by atoms with E-state index < -0.39 is 0 Å². The zero-order valence-electron chi connectivity index (χ0n) is 13.6. The van der Waals surface area contributed by atoms with Crippen LogP contribution in [0, 0.1) is 5.92 Å². The lowest BCUT2D eigenvalue weighted by Gasteiger charge is -2.30. The molecule has 3 rings (SSSR count). The van der Waals surface area contributed by atoms with E-state index >= 15 is 0 Å². The average molecular weight is 337 g/mol. The first-order chi connectivity index (χ1) is 11.2. The van der Waals surface area contributed by atoms with Gasteiger partial charge in [0.25, 0.3) is 0 Å². The van der Waals surface area contributed by atoms with Crippen molar-refractivity contribution in [2.45, 2.75) is 18.2 Å². The molecule has 23 heavy (non-hydrogen) atoms. The molecule has 6 heteroatoms. The number of carbonyl (C=O) groups excluding carboxylic acids is 1. The van der Waals surface area contributed by atoms with Crippen molar-refractivity contribution >= 4 is 17.7 Å². The number of hydrogen-bond donors (Lipinski definition) is 0. The highest BCUT2D eigenvalue weighted by atomic mass is 32.2. The van der Waals surface area contributed by atoms with Gasteiger partial charge in [-0.25, -0.2) is 0 Å². The summed E-state index contributed by atoms with van der Waals surface area (Å²) in [4.78, 5) is 14.9. The first-order valence-corrected chi connectivity index (χ1v) is 9.01. The molecule has 0 N–H and O–H groups in total. The van der Waals surface area contributed by atoms with Gasteiger partial charge in [-0.15, -0.1) is 11.8 Å². The lowest BCUT2D eigenvalue weighted by molar-refractivity contribution is -0.138. The Kier molecular flexibility index (Phi) is 5.33. The van der Waals surface area contributed by atoms with Gasteiger partial charge in [0, 0.05) is 31.4 Å². The highest BCUT2D eigenvalue weighted by molar-refractivity contribution is 7.99. The second-order valence-electron chi connectivity index (χ2n) is 5.76. The van der Waals surface area contributed by atoms with E-state index in [1.807, 2.05) is 23.1 Å². The van der Waals surface area contributed by atoms with Crippen molar-refractivity contribution in [2.75, 3.05) is 39.7 Å². The number of amides is 1. The molecule has 1 amide bonds. The molecular formula is C17H23NO4S. The number of hydrogen-bond acceptors (Lipinski definition) is 5. The molecule has 2 heterocycles. The van der Waals surface area contributed by atoms with Crippen molar-refractivity contribution in [3.05, 3.63) is 23.8 Å². The fourth-order valence-electron chi connectivity index (χ4n) is 3.16. The Morgan fingerprint density at radius 3 is 2.65 bits per heavy atom. The summed E-state index contributed by atoms with van der Waals surface area (Å²) in [6.07, 6.45) is 1.66. The Labute approximate surface area is 141 Å². The van der Waals surface area contributed by atoms with E-state index in [4.69, 9.17) is 14.2 Å². The third-order valence-electron chi connectivity index (χ3n) is 4.44. The number of benzene rings is 1. The van der Waals surface area contributed by atoms with E-state index in [0.717, 1.165) is 30.7 Å². The number of carbonyl (C=O) groups is 1. The zero-order valence-corrected chi connectivity index (χ0v) is 14.4. The van der Waals surface area contributed by atoms with Gasteiger partial charge in [0.15, 0.2) is 11.5 Å². The number of thioether (sulfide) groups is 1. The average Bonchev–Trinajstić information content (AvgIpc) is 3.10. The second kappa shape index (κ2) is 7.45. The van der Waals surface area contributed by atoms with Gasteiger partial charge in [0.2, 0.25) is 5.91 Å². The molecule has 0 bridgehead atoms. The summed E-state index contributed by atoms with van der Waals surface area (Å²) in [6.45, 7) is 2.19. The van der Waals surface area contributed by atoms with E-state index in [1.165, 1.54) is 0 Å². The molecule has 0 saturated carbocycles. The minimum Gasteiger partial charge on any atom is -0.493 e. The van der Waals surface area contributed by atoms with Crippen LogP contribution in [0.4, 0.5) is 0 Å². The molecule has 1 unspecified atom stereocenters. The minimum atomic E-state index is 0.0603. The van der Waals surface area contributed by atoms with Gasteiger partial charge >= 0.3 is 0 Å². The maximum atomic E-state index is 12.9. The summed E-state index contributed by atoms with van der Waals surface area (Å²) >= 11 is 1.81. The molecule has 126 valence electrons. The Hall–Kier alpha value is -1.40. The smallest absolute Gasteiger partial charge is 0.227 e. The van der Waals surface area contributed by atoms with E-state index in [1.54, 1.807) is 26.0 Å². The first-order valence-electron chi connectivity index (χ1n) is 7.96. The van der Waals surface area contributed by atoms with Gasteiger partial charge < -0.3 is 19.1 Å².